The Morgan fingerprint density at radius 1 is 1.11 bits per heavy atom. The van der Waals surface area contributed by atoms with Crippen molar-refractivity contribution in [1.29, 1.82) is 0 Å². The number of halogens is 1. The van der Waals surface area contributed by atoms with Gasteiger partial charge < -0.3 is 9.47 Å². The van der Waals surface area contributed by atoms with Gasteiger partial charge in [0, 0.05) is 11.6 Å². The van der Waals surface area contributed by atoms with E-state index < -0.39 is 0 Å². The van der Waals surface area contributed by atoms with Crippen LogP contribution in [0.25, 0.3) is 0 Å². The molecular formula is C13H11ClN2O3. The van der Waals surface area contributed by atoms with Gasteiger partial charge in [-0.2, -0.15) is 0 Å². The monoisotopic (exact) mass is 278 g/mol. The number of hydrogen-bond acceptors (Lipinski definition) is 5. The lowest BCUT2D eigenvalue weighted by Gasteiger charge is -2.05. The van der Waals surface area contributed by atoms with Crippen LogP contribution >= 0.6 is 11.6 Å². The van der Waals surface area contributed by atoms with E-state index >= 15 is 0 Å². The Kier molecular flexibility index (Phi) is 3.97. The maximum absolute atomic E-state index is 12.2. The van der Waals surface area contributed by atoms with E-state index in [1.54, 1.807) is 30.3 Å². The molecular weight excluding hydrogens is 268 g/mol. The fourth-order valence-corrected chi connectivity index (χ4v) is 1.69. The molecule has 0 aliphatic rings. The number of hydrogen-bond donors (Lipinski definition) is 0. The third kappa shape index (κ3) is 2.82. The van der Waals surface area contributed by atoms with Crippen LogP contribution in [0.3, 0.4) is 0 Å². The molecule has 2 rings (SSSR count). The minimum atomic E-state index is -0.259. The van der Waals surface area contributed by atoms with Gasteiger partial charge in [-0.1, -0.05) is 11.6 Å². The molecule has 2 aromatic rings. The maximum atomic E-state index is 12.2. The summed E-state index contributed by atoms with van der Waals surface area (Å²) in [5.74, 6) is 0.532. The van der Waals surface area contributed by atoms with E-state index in [9.17, 15) is 4.79 Å². The molecule has 1 heterocycles. The molecule has 0 amide bonds. The molecule has 0 bridgehead atoms. The van der Waals surface area contributed by atoms with E-state index in [-0.39, 0.29) is 11.5 Å². The van der Waals surface area contributed by atoms with E-state index in [0.29, 0.717) is 22.2 Å². The van der Waals surface area contributed by atoms with E-state index in [4.69, 9.17) is 21.1 Å². The van der Waals surface area contributed by atoms with Gasteiger partial charge in [0.05, 0.1) is 19.2 Å². The molecule has 98 valence electrons. The van der Waals surface area contributed by atoms with Crippen LogP contribution in [0.1, 0.15) is 16.1 Å². The summed E-state index contributed by atoms with van der Waals surface area (Å²) < 4.78 is 9.95. The van der Waals surface area contributed by atoms with Crippen LogP contribution in [0.15, 0.2) is 30.3 Å². The maximum Gasteiger partial charge on any atom is 0.233 e. The smallest absolute Gasteiger partial charge is 0.233 e. The third-order valence-electron chi connectivity index (χ3n) is 2.50. The first kappa shape index (κ1) is 13.3. The Morgan fingerprint density at radius 2 is 1.89 bits per heavy atom. The fraction of sp³-hybridized carbons (Fsp3) is 0.154. The molecule has 1 aromatic heterocycles. The second kappa shape index (κ2) is 5.67. The van der Waals surface area contributed by atoms with E-state index in [1.807, 2.05) is 0 Å². The average Bonchev–Trinajstić information content (AvgIpc) is 2.47. The summed E-state index contributed by atoms with van der Waals surface area (Å²) in [4.78, 5) is 12.2. The van der Waals surface area contributed by atoms with Gasteiger partial charge in [-0.15, -0.1) is 10.2 Å². The molecule has 0 saturated carbocycles. The van der Waals surface area contributed by atoms with Crippen molar-refractivity contribution in [2.24, 2.45) is 0 Å². The number of rotatable bonds is 4. The summed E-state index contributed by atoms with van der Waals surface area (Å²) >= 11 is 5.91. The van der Waals surface area contributed by atoms with Crippen LogP contribution in [0.4, 0.5) is 0 Å². The number of ketones is 1. The first-order valence-corrected chi connectivity index (χ1v) is 5.79. The topological polar surface area (TPSA) is 61.3 Å². The molecule has 0 N–H and O–H groups in total. The number of nitrogens with zero attached hydrogens (tertiary/aromatic N) is 2. The van der Waals surface area contributed by atoms with Crippen molar-refractivity contribution in [2.45, 2.75) is 0 Å². The normalized spacial score (nSPS) is 10.1. The summed E-state index contributed by atoms with van der Waals surface area (Å²) in [5, 5.41) is 8.00. The number of aromatic nitrogens is 2. The minimum absolute atomic E-state index is 0.227. The molecule has 6 heteroatoms. The van der Waals surface area contributed by atoms with Crippen LogP contribution in [-0.4, -0.2) is 30.2 Å². The Bertz CT molecular complexity index is 599. The number of benzene rings is 1. The second-order valence-electron chi connectivity index (χ2n) is 3.64. The molecule has 5 nitrogen and oxygen atoms in total. The Hall–Kier alpha value is -2.14. The lowest BCUT2D eigenvalue weighted by atomic mass is 10.1. The van der Waals surface area contributed by atoms with Crippen molar-refractivity contribution in [2.75, 3.05) is 14.2 Å². The quantitative estimate of drug-likeness (QED) is 0.804. The fourth-order valence-electron chi connectivity index (χ4n) is 1.50. The van der Waals surface area contributed by atoms with Gasteiger partial charge in [-0.25, -0.2) is 0 Å². The van der Waals surface area contributed by atoms with Crippen molar-refractivity contribution in [1.82, 2.24) is 10.2 Å². The average molecular weight is 279 g/mol. The second-order valence-corrected chi connectivity index (χ2v) is 4.05. The van der Waals surface area contributed by atoms with Crippen LogP contribution in [0.2, 0.25) is 5.02 Å². The summed E-state index contributed by atoms with van der Waals surface area (Å²) in [5.41, 5.74) is 0.658. The predicted molar refractivity (Wildman–Crippen MR) is 70.0 cm³/mol. The van der Waals surface area contributed by atoms with Crippen molar-refractivity contribution < 1.29 is 14.3 Å². The summed E-state index contributed by atoms with van der Waals surface area (Å²) in [6.45, 7) is 0. The highest BCUT2D eigenvalue weighted by Crippen LogP contribution is 2.25. The van der Waals surface area contributed by atoms with Crippen molar-refractivity contribution in [3.05, 3.63) is 46.6 Å². The third-order valence-corrected chi connectivity index (χ3v) is 2.81. The molecule has 1 aromatic carbocycles. The number of carbonyl (C=O) groups excluding carboxylic acids is 1. The molecule has 0 unspecified atom stereocenters. The first-order chi connectivity index (χ1) is 9.15. The van der Waals surface area contributed by atoms with Gasteiger partial charge in [0.1, 0.15) is 11.4 Å². The SMILES string of the molecule is COc1ccc(C(=O)c2ccc(Cl)c(OC)c2)nn1. The number of carbonyl (C=O) groups is 1. The van der Waals surface area contributed by atoms with Gasteiger partial charge in [-0.3, -0.25) is 4.79 Å². The molecule has 0 spiro atoms. The van der Waals surface area contributed by atoms with Gasteiger partial charge in [0.25, 0.3) is 0 Å². The summed E-state index contributed by atoms with van der Waals surface area (Å²) in [6, 6.07) is 7.91. The zero-order chi connectivity index (χ0) is 13.8. The van der Waals surface area contributed by atoms with Crippen LogP contribution in [0.5, 0.6) is 11.6 Å². The molecule has 0 aliphatic carbocycles. The Labute approximate surface area is 115 Å². The highest BCUT2D eigenvalue weighted by atomic mass is 35.5. The van der Waals surface area contributed by atoms with Crippen LogP contribution < -0.4 is 9.47 Å². The zero-order valence-corrected chi connectivity index (χ0v) is 11.1. The highest BCUT2D eigenvalue weighted by molar-refractivity contribution is 6.32. The largest absolute Gasteiger partial charge is 0.495 e. The van der Waals surface area contributed by atoms with Gasteiger partial charge in [0.15, 0.2) is 0 Å². The van der Waals surface area contributed by atoms with E-state index in [0.717, 1.165) is 0 Å². The minimum Gasteiger partial charge on any atom is -0.495 e. The molecule has 0 radical (unpaired) electrons. The van der Waals surface area contributed by atoms with Crippen molar-refractivity contribution in [3.8, 4) is 11.6 Å². The van der Waals surface area contributed by atoms with Crippen molar-refractivity contribution >= 4 is 17.4 Å². The lowest BCUT2D eigenvalue weighted by molar-refractivity contribution is 0.103. The van der Waals surface area contributed by atoms with Crippen LogP contribution in [0, 0.1) is 0 Å². The number of methoxy groups -OCH3 is 2. The zero-order valence-electron chi connectivity index (χ0n) is 10.4. The predicted octanol–water partition coefficient (Wildman–Crippen LogP) is 2.38. The summed E-state index contributed by atoms with van der Waals surface area (Å²) in [7, 11) is 2.97. The van der Waals surface area contributed by atoms with E-state index in [1.165, 1.54) is 14.2 Å². The highest BCUT2D eigenvalue weighted by Gasteiger charge is 2.13. The van der Waals surface area contributed by atoms with Crippen LogP contribution in [-0.2, 0) is 0 Å². The number of ether oxygens (including phenoxy) is 2. The molecule has 0 aliphatic heterocycles. The van der Waals surface area contributed by atoms with Gasteiger partial charge in [0.2, 0.25) is 11.7 Å². The molecule has 0 atom stereocenters. The Balaban J connectivity index is 2.32. The summed E-state index contributed by atoms with van der Waals surface area (Å²) in [6.07, 6.45) is 0. The van der Waals surface area contributed by atoms with E-state index in [2.05, 4.69) is 10.2 Å². The molecule has 0 fully saturated rings. The van der Waals surface area contributed by atoms with Crippen molar-refractivity contribution in [3.63, 3.8) is 0 Å². The molecule has 19 heavy (non-hydrogen) atoms. The lowest BCUT2D eigenvalue weighted by Crippen LogP contribution is -2.06. The van der Waals surface area contributed by atoms with Gasteiger partial charge >= 0.3 is 0 Å². The first-order valence-electron chi connectivity index (χ1n) is 5.41. The van der Waals surface area contributed by atoms with Gasteiger partial charge in [-0.05, 0) is 24.3 Å². The Morgan fingerprint density at radius 3 is 2.47 bits per heavy atom. The molecule has 0 saturated heterocycles. The standard InChI is InChI=1S/C13H11ClN2O3/c1-18-11-7-8(3-4-9(11)14)13(17)10-5-6-12(19-2)16-15-10/h3-7H,1-2H3.